The van der Waals surface area contributed by atoms with Crippen LogP contribution in [0.5, 0.6) is 0 Å². The quantitative estimate of drug-likeness (QED) is 0.197. The highest BCUT2D eigenvalue weighted by Crippen LogP contribution is 2.31. The lowest BCUT2D eigenvalue weighted by molar-refractivity contribution is 1.31. The van der Waals surface area contributed by atoms with E-state index in [-0.39, 0.29) is 0 Å². The van der Waals surface area contributed by atoms with Crippen molar-refractivity contribution in [2.75, 3.05) is 20.4 Å². The Morgan fingerprint density at radius 2 is 0.905 bits per heavy atom. The molecule has 0 aliphatic rings. The minimum atomic E-state index is 1.18. The number of hydrogen-bond acceptors (Lipinski definition) is 3. The van der Waals surface area contributed by atoms with Crippen LogP contribution in [0.15, 0.2) is 68.1 Å². The summed E-state index contributed by atoms with van der Waals surface area (Å²) in [6.07, 6.45) is 0. The van der Waals surface area contributed by atoms with Crippen LogP contribution in [0.25, 0.3) is 0 Å². The van der Waals surface area contributed by atoms with Gasteiger partial charge in [0, 0.05) is 39.9 Å². The van der Waals surface area contributed by atoms with Crippen molar-refractivity contribution in [3.8, 4) is 0 Å². The minimum Gasteiger partial charge on any atom is -0.125 e. The van der Waals surface area contributed by atoms with Gasteiger partial charge >= 0.3 is 0 Å². The lowest BCUT2D eigenvalue weighted by atomic mass is 10.4. The second-order valence-corrected chi connectivity index (χ2v) is 9.76. The molecule has 21 heavy (non-hydrogen) atoms. The zero-order valence-corrected chi connectivity index (χ0v) is 18.2. The molecular weight excluding hydrogens is 542 g/mol. The summed E-state index contributed by atoms with van der Waals surface area (Å²) in [4.78, 5) is 5.34. The second-order valence-electron chi connectivity index (χ2n) is 4.12. The number of halogens is 2. The third kappa shape index (κ3) is 6.93. The number of thioether (sulfide) groups is 2. The Morgan fingerprint density at radius 3 is 1.24 bits per heavy atom. The van der Waals surface area contributed by atoms with Crippen molar-refractivity contribution in [3.05, 3.63) is 48.5 Å². The third-order valence-corrected chi connectivity index (χ3v) is 8.16. The number of benzene rings is 2. The number of rotatable bonds is 8. The molecular formula is C16H16I2S3. The molecule has 0 aliphatic carbocycles. The van der Waals surface area contributed by atoms with E-state index in [9.17, 15) is 0 Å². The third-order valence-electron chi connectivity index (χ3n) is 2.57. The average molecular weight is 558 g/mol. The van der Waals surface area contributed by atoms with Gasteiger partial charge in [-0.1, -0.05) is 56.9 Å². The Hall–Kier alpha value is 0.950. The van der Waals surface area contributed by atoms with E-state index < -0.39 is 0 Å². The first kappa shape index (κ1) is 18.3. The molecule has 0 saturated heterocycles. The maximum atomic E-state index is 2.42. The summed E-state index contributed by atoms with van der Waals surface area (Å²) < 4.78 is 2.39. The SMILES string of the molecule is ICCSc1ccc(Sc2ccc(SCCI)cc2)cc1. The predicted octanol–water partition coefficient (Wildman–Crippen LogP) is 6.89. The minimum absolute atomic E-state index is 1.18. The van der Waals surface area contributed by atoms with Crippen LogP contribution >= 0.6 is 80.5 Å². The molecule has 0 unspecified atom stereocenters. The highest BCUT2D eigenvalue weighted by atomic mass is 127. The summed E-state index contributed by atoms with van der Waals surface area (Å²) in [5, 5.41) is 0. The summed E-state index contributed by atoms with van der Waals surface area (Å²) in [6.45, 7) is 0. The van der Waals surface area contributed by atoms with Gasteiger partial charge in [-0.3, -0.25) is 0 Å². The molecule has 0 radical (unpaired) electrons. The zero-order valence-electron chi connectivity index (χ0n) is 11.4. The van der Waals surface area contributed by atoms with Gasteiger partial charge in [0.05, 0.1) is 0 Å². The molecule has 0 amide bonds. The van der Waals surface area contributed by atoms with E-state index >= 15 is 0 Å². The van der Waals surface area contributed by atoms with Crippen molar-refractivity contribution in [3.63, 3.8) is 0 Å². The van der Waals surface area contributed by atoms with Gasteiger partial charge in [0.2, 0.25) is 0 Å². The molecule has 0 aromatic heterocycles. The van der Waals surface area contributed by atoms with Crippen molar-refractivity contribution in [2.24, 2.45) is 0 Å². The molecule has 0 spiro atoms. The Labute approximate surface area is 167 Å². The van der Waals surface area contributed by atoms with Crippen LogP contribution in [0, 0.1) is 0 Å². The van der Waals surface area contributed by atoms with Crippen LogP contribution in [0.2, 0.25) is 0 Å². The Kier molecular flexibility index (Phi) is 9.30. The summed E-state index contributed by atoms with van der Waals surface area (Å²) in [5.41, 5.74) is 0. The van der Waals surface area contributed by atoms with Crippen LogP contribution in [0.1, 0.15) is 0 Å². The fourth-order valence-corrected chi connectivity index (χ4v) is 5.08. The van der Waals surface area contributed by atoms with Crippen molar-refractivity contribution < 1.29 is 0 Å². The topological polar surface area (TPSA) is 0 Å². The van der Waals surface area contributed by atoms with E-state index in [0.717, 1.165) is 0 Å². The molecule has 0 atom stereocenters. The van der Waals surface area contributed by atoms with Crippen molar-refractivity contribution in [1.29, 1.82) is 0 Å². The largest absolute Gasteiger partial charge is 0.125 e. The fraction of sp³-hybridized carbons (Fsp3) is 0.250. The van der Waals surface area contributed by atoms with Crippen molar-refractivity contribution in [1.82, 2.24) is 0 Å². The van der Waals surface area contributed by atoms with Gasteiger partial charge in [-0.15, -0.1) is 23.5 Å². The first-order chi connectivity index (χ1) is 10.3. The number of alkyl halides is 2. The normalized spacial score (nSPS) is 10.8. The standard InChI is InChI=1S/C16H16I2S3/c17-9-11-19-13-1-5-15(6-2-13)21-16-7-3-14(4-8-16)20-12-10-18/h1-8H,9-12H2. The molecule has 2 rings (SSSR count). The molecule has 0 nitrogen and oxygen atoms in total. The highest BCUT2D eigenvalue weighted by Gasteiger charge is 2.00. The monoisotopic (exact) mass is 558 g/mol. The van der Waals surface area contributed by atoms with E-state index in [1.165, 1.54) is 39.9 Å². The Bertz CT molecular complexity index is 477. The van der Waals surface area contributed by atoms with Gasteiger partial charge < -0.3 is 0 Å². The van der Waals surface area contributed by atoms with Gasteiger partial charge in [-0.05, 0) is 48.5 Å². The van der Waals surface area contributed by atoms with Crippen molar-refractivity contribution >= 4 is 80.5 Å². The smallest absolute Gasteiger partial charge is 0.0123 e. The molecule has 112 valence electrons. The van der Waals surface area contributed by atoms with Gasteiger partial charge in [0.15, 0.2) is 0 Å². The van der Waals surface area contributed by atoms with Crippen LogP contribution in [0.4, 0.5) is 0 Å². The molecule has 0 fully saturated rings. The molecule has 0 bridgehead atoms. The van der Waals surface area contributed by atoms with E-state index in [2.05, 4.69) is 93.7 Å². The molecule has 5 heteroatoms. The Morgan fingerprint density at radius 1 is 0.571 bits per heavy atom. The lowest BCUT2D eigenvalue weighted by Gasteiger charge is -2.05. The van der Waals surface area contributed by atoms with Crippen LogP contribution in [0.3, 0.4) is 0 Å². The van der Waals surface area contributed by atoms with Crippen LogP contribution in [-0.4, -0.2) is 20.4 Å². The maximum absolute atomic E-state index is 2.42. The molecule has 2 aromatic rings. The molecule has 2 aromatic carbocycles. The predicted molar refractivity (Wildman–Crippen MR) is 116 cm³/mol. The maximum Gasteiger partial charge on any atom is 0.0123 e. The van der Waals surface area contributed by atoms with Crippen LogP contribution < -0.4 is 0 Å². The van der Waals surface area contributed by atoms with E-state index in [4.69, 9.17) is 0 Å². The summed E-state index contributed by atoms with van der Waals surface area (Å²) >= 11 is 10.5. The fourth-order valence-electron chi connectivity index (χ4n) is 1.66. The zero-order chi connectivity index (χ0) is 14.9. The van der Waals surface area contributed by atoms with Gasteiger partial charge in [-0.2, -0.15) is 0 Å². The van der Waals surface area contributed by atoms with E-state index in [1.54, 1.807) is 0 Å². The second kappa shape index (κ2) is 10.7. The van der Waals surface area contributed by atoms with E-state index in [1.807, 2.05) is 35.3 Å². The first-order valence-corrected chi connectivity index (χ1v) is 12.4. The van der Waals surface area contributed by atoms with Gasteiger partial charge in [-0.25, -0.2) is 0 Å². The average Bonchev–Trinajstić information content (AvgIpc) is 2.53. The van der Waals surface area contributed by atoms with Crippen molar-refractivity contribution in [2.45, 2.75) is 19.6 Å². The lowest BCUT2D eigenvalue weighted by Crippen LogP contribution is -1.80. The summed E-state index contributed by atoms with van der Waals surface area (Å²) in [6, 6.07) is 17.8. The summed E-state index contributed by atoms with van der Waals surface area (Å²) in [5.74, 6) is 2.37. The van der Waals surface area contributed by atoms with Crippen LogP contribution in [-0.2, 0) is 0 Å². The molecule has 0 aliphatic heterocycles. The Balaban J connectivity index is 1.91. The first-order valence-electron chi connectivity index (χ1n) is 6.57. The molecule has 0 heterocycles. The molecule has 0 N–H and O–H groups in total. The van der Waals surface area contributed by atoms with E-state index in [0.29, 0.717) is 0 Å². The molecule has 0 saturated carbocycles. The highest BCUT2D eigenvalue weighted by molar-refractivity contribution is 14.1. The number of hydrogen-bond donors (Lipinski definition) is 0. The van der Waals surface area contributed by atoms with Gasteiger partial charge in [0.1, 0.15) is 0 Å². The van der Waals surface area contributed by atoms with Gasteiger partial charge in [0.25, 0.3) is 0 Å². The summed E-state index contributed by atoms with van der Waals surface area (Å²) in [7, 11) is 0.